The molecule has 5 nitrogen and oxygen atoms in total. The predicted octanol–water partition coefficient (Wildman–Crippen LogP) is 2.94. The van der Waals surface area contributed by atoms with Crippen LogP contribution in [-0.2, 0) is 4.79 Å². The molecule has 1 atom stereocenters. The number of hydrogen-bond acceptors (Lipinski definition) is 4. The Kier molecular flexibility index (Phi) is 7.24. The topological polar surface area (TPSA) is 54.5 Å². The first-order valence-corrected chi connectivity index (χ1v) is 9.14. The van der Waals surface area contributed by atoms with E-state index >= 15 is 0 Å². The van der Waals surface area contributed by atoms with E-state index in [0.717, 1.165) is 28.7 Å². The molecule has 0 aliphatic carbocycles. The van der Waals surface area contributed by atoms with Gasteiger partial charge in [0.15, 0.2) is 28.8 Å². The lowest BCUT2D eigenvalue weighted by Gasteiger charge is -2.23. The summed E-state index contributed by atoms with van der Waals surface area (Å²) in [6, 6.07) is 9.77. The lowest BCUT2D eigenvalue weighted by atomic mass is 10.1. The maximum atomic E-state index is 12.0. The molecule has 0 aliphatic rings. The summed E-state index contributed by atoms with van der Waals surface area (Å²) >= 11 is 1.86. The second-order valence-electron chi connectivity index (χ2n) is 5.41. The lowest BCUT2D eigenvalue weighted by molar-refractivity contribution is -0.119. The minimum Gasteiger partial charge on any atom is -0.425 e. The molecule has 0 aliphatic heterocycles. The van der Waals surface area contributed by atoms with Crippen molar-refractivity contribution < 1.29 is 7.86 Å². The second kappa shape index (κ2) is 9.18. The maximum Gasteiger partial charge on any atom is 0.239 e. The number of amides is 1. The number of hydrogen-bond donors (Lipinski definition) is 1. The molecule has 0 bridgehead atoms. The van der Waals surface area contributed by atoms with Crippen LogP contribution in [0.3, 0.4) is 0 Å². The van der Waals surface area contributed by atoms with E-state index in [1.54, 1.807) is 6.20 Å². The molecule has 0 radical (unpaired) electrons. The minimum atomic E-state index is -0.00281. The van der Waals surface area contributed by atoms with Crippen molar-refractivity contribution >= 4 is 49.1 Å². The molecule has 0 saturated heterocycles. The number of carbonyl (C=O) groups is 1. The van der Waals surface area contributed by atoms with Crippen LogP contribution in [0.25, 0.3) is 11.3 Å². The van der Waals surface area contributed by atoms with Gasteiger partial charge in [-0.25, -0.2) is 0 Å². The third kappa shape index (κ3) is 4.80. The fourth-order valence-corrected chi connectivity index (χ4v) is 3.27. The zero-order chi connectivity index (χ0) is 17.5. The average molecular weight is 457 g/mol. The Bertz CT molecular complexity index is 698. The number of halogens is 1. The molecule has 2 aromatic rings. The summed E-state index contributed by atoms with van der Waals surface area (Å²) in [5, 5.41) is 3.84. The molecule has 24 heavy (non-hydrogen) atoms. The van der Waals surface area contributed by atoms with E-state index in [0.29, 0.717) is 12.3 Å². The predicted molar refractivity (Wildman–Crippen MR) is 110 cm³/mol. The van der Waals surface area contributed by atoms with E-state index in [2.05, 4.69) is 19.5 Å². The monoisotopic (exact) mass is 457 g/mol. The van der Waals surface area contributed by atoms with Crippen molar-refractivity contribution in [3.63, 3.8) is 0 Å². The van der Waals surface area contributed by atoms with Gasteiger partial charge in [-0.15, -0.1) is 9.24 Å². The zero-order valence-corrected chi connectivity index (χ0v) is 17.1. The van der Waals surface area contributed by atoms with Crippen molar-refractivity contribution in [2.24, 2.45) is 0 Å². The summed E-state index contributed by atoms with van der Waals surface area (Å²) < 4.78 is 5.53. The van der Waals surface area contributed by atoms with Crippen molar-refractivity contribution in [3.05, 3.63) is 36.5 Å². The Balaban J connectivity index is 2.28. The highest BCUT2D eigenvalue weighted by molar-refractivity contribution is 14.1. The zero-order valence-electron chi connectivity index (χ0n) is 13.8. The van der Waals surface area contributed by atoms with Crippen LogP contribution in [0.2, 0.25) is 0 Å². The largest absolute Gasteiger partial charge is 0.425 e. The molecule has 1 aromatic carbocycles. The number of aromatic nitrogens is 1. The first-order valence-electron chi connectivity index (χ1n) is 7.68. The van der Waals surface area contributed by atoms with Gasteiger partial charge in [0.25, 0.3) is 0 Å². The average Bonchev–Trinajstić information content (AvgIpc) is 2.59. The highest BCUT2D eigenvalue weighted by Crippen LogP contribution is 2.33. The van der Waals surface area contributed by atoms with E-state index < -0.39 is 0 Å². The van der Waals surface area contributed by atoms with Crippen molar-refractivity contribution in [3.8, 4) is 17.0 Å². The molecule has 0 fully saturated rings. The fourth-order valence-electron chi connectivity index (χ4n) is 2.39. The number of likely N-dealkylation sites (N-methyl/N-ethyl adjacent to an activating group) is 1. The van der Waals surface area contributed by atoms with Gasteiger partial charge in [-0.1, -0.05) is 13.0 Å². The molecule has 1 amide bonds. The van der Waals surface area contributed by atoms with E-state index in [-0.39, 0.29) is 12.5 Å². The van der Waals surface area contributed by atoms with E-state index in [9.17, 15) is 4.79 Å². The number of pyridine rings is 1. The van der Waals surface area contributed by atoms with Crippen molar-refractivity contribution in [1.29, 1.82) is 0 Å². The van der Waals surface area contributed by atoms with E-state index in [1.807, 2.05) is 72.2 Å². The first-order chi connectivity index (χ1) is 11.6. The quantitative estimate of drug-likeness (QED) is 0.514. The van der Waals surface area contributed by atoms with Crippen LogP contribution in [-0.4, -0.2) is 31.0 Å². The number of nitrogens with one attached hydrogen (secondary N) is 1. The standard InChI is InChI=1S/C17H21IN3O2P/c1-3-7-20-16(22)11-21(2)17-14(23-18)9-12(10-15(17)24)13-6-4-5-8-19-13/h4-6,8-10H,3,7,11,24H2,1-2H3,(H,20,22). The SMILES string of the molecule is CCCNC(=O)CN(C)c1c(P)cc(-c2ccccn2)cc1OI. The Morgan fingerprint density at radius 1 is 1.42 bits per heavy atom. The summed E-state index contributed by atoms with van der Waals surface area (Å²) in [6.07, 6.45) is 2.69. The molecule has 2 rings (SSSR count). The van der Waals surface area contributed by atoms with E-state index in [4.69, 9.17) is 3.07 Å². The van der Waals surface area contributed by atoms with Crippen molar-refractivity contribution in [1.82, 2.24) is 10.3 Å². The lowest BCUT2D eigenvalue weighted by Crippen LogP contribution is -2.36. The van der Waals surface area contributed by atoms with Crippen LogP contribution in [0, 0.1) is 0 Å². The molecule has 7 heteroatoms. The Morgan fingerprint density at radius 2 is 2.21 bits per heavy atom. The van der Waals surface area contributed by atoms with Crippen LogP contribution >= 0.6 is 32.2 Å². The molecule has 1 unspecified atom stereocenters. The third-order valence-corrected chi connectivity index (χ3v) is 4.40. The summed E-state index contributed by atoms with van der Waals surface area (Å²) in [5.74, 6) is 0.700. The molecular weight excluding hydrogens is 436 g/mol. The van der Waals surface area contributed by atoms with Gasteiger partial charge >= 0.3 is 0 Å². The number of nitrogens with zero attached hydrogens (tertiary/aromatic N) is 2. The minimum absolute atomic E-state index is 0.00281. The van der Waals surface area contributed by atoms with Gasteiger partial charge < -0.3 is 13.3 Å². The van der Waals surface area contributed by atoms with Gasteiger partial charge in [-0.2, -0.15) is 0 Å². The second-order valence-corrected chi connectivity index (χ2v) is 6.47. The molecule has 0 spiro atoms. The van der Waals surface area contributed by atoms with Gasteiger partial charge in [0.05, 0.1) is 17.9 Å². The summed E-state index contributed by atoms with van der Waals surface area (Å²) in [7, 11) is 4.60. The van der Waals surface area contributed by atoms with Crippen molar-refractivity contribution in [2.75, 3.05) is 25.0 Å². The van der Waals surface area contributed by atoms with Crippen LogP contribution < -0.4 is 18.6 Å². The number of rotatable bonds is 7. The highest BCUT2D eigenvalue weighted by atomic mass is 127. The van der Waals surface area contributed by atoms with Crippen molar-refractivity contribution in [2.45, 2.75) is 13.3 Å². The van der Waals surface area contributed by atoms with Crippen LogP contribution in [0.5, 0.6) is 5.75 Å². The molecule has 1 aromatic heterocycles. The molecule has 1 heterocycles. The number of benzene rings is 1. The van der Waals surface area contributed by atoms with Gasteiger partial charge in [-0.3, -0.25) is 9.78 Å². The van der Waals surface area contributed by atoms with Gasteiger partial charge in [0, 0.05) is 25.4 Å². The Hall–Kier alpha value is -1.40. The molecule has 128 valence electrons. The third-order valence-electron chi connectivity index (χ3n) is 3.48. The Labute approximate surface area is 159 Å². The van der Waals surface area contributed by atoms with Gasteiger partial charge in [-0.05, 0) is 36.0 Å². The smallest absolute Gasteiger partial charge is 0.239 e. The van der Waals surface area contributed by atoms with Crippen LogP contribution in [0.1, 0.15) is 13.3 Å². The Morgan fingerprint density at radius 3 is 2.83 bits per heavy atom. The van der Waals surface area contributed by atoms with E-state index in [1.165, 1.54) is 0 Å². The molecular formula is C17H21IN3O2P. The fraction of sp³-hybridized carbons (Fsp3) is 0.294. The maximum absolute atomic E-state index is 12.0. The normalized spacial score (nSPS) is 10.3. The molecule has 0 saturated carbocycles. The number of carbonyl (C=O) groups excluding carboxylic acids is 1. The summed E-state index contributed by atoms with van der Waals surface area (Å²) in [6.45, 7) is 3.00. The summed E-state index contributed by atoms with van der Waals surface area (Å²) in [5.41, 5.74) is 2.73. The first kappa shape index (κ1) is 18.9. The molecule has 1 N–H and O–H groups in total. The van der Waals surface area contributed by atoms with Crippen LogP contribution in [0.4, 0.5) is 5.69 Å². The summed E-state index contributed by atoms with van der Waals surface area (Å²) in [4.78, 5) is 18.2. The van der Waals surface area contributed by atoms with Gasteiger partial charge in [0.1, 0.15) is 0 Å². The number of anilines is 1. The van der Waals surface area contributed by atoms with Gasteiger partial charge in [0.2, 0.25) is 5.91 Å². The highest BCUT2D eigenvalue weighted by Gasteiger charge is 2.17. The van der Waals surface area contributed by atoms with Crippen LogP contribution in [0.15, 0.2) is 36.5 Å².